The number of morpholine rings is 1. The Bertz CT molecular complexity index is 915. The number of benzene rings is 1. The highest BCUT2D eigenvalue weighted by Gasteiger charge is 2.38. The molecule has 4 rings (SSSR count). The van der Waals surface area contributed by atoms with Crippen LogP contribution in [0.15, 0.2) is 30.3 Å². The average Bonchev–Trinajstić information content (AvgIpc) is 3.13. The zero-order valence-corrected chi connectivity index (χ0v) is 21.0. The van der Waals surface area contributed by atoms with Crippen LogP contribution in [0.2, 0.25) is 5.02 Å². The first kappa shape index (κ1) is 24.2. The van der Waals surface area contributed by atoms with Gasteiger partial charge in [0.15, 0.2) is 0 Å². The molecular weight excluding hydrogens is 436 g/mol. The van der Waals surface area contributed by atoms with Gasteiger partial charge in [0.1, 0.15) is 6.10 Å². The maximum absolute atomic E-state index is 12.7. The molecule has 7 heteroatoms. The monoisotopic (exact) mass is 472 g/mol. The van der Waals surface area contributed by atoms with E-state index >= 15 is 0 Å². The lowest BCUT2D eigenvalue weighted by Gasteiger charge is -2.46. The standard InChI is InChI=1S/C26H37ClN4O2/c1-17(2)28-26(32)25-15-31(23(16-33-25)14-19-5-9-21(27)10-6-19)22-11-7-20(8-12-22)24-13-18(3)30(4)29-24/h5-6,9-10,13,17,20,22-23,25H,7-8,11-12,14-16H2,1-4H3,(H,28,32)/t20?,22?,23-,25+/m0/s1. The van der Waals surface area contributed by atoms with Crippen molar-refractivity contribution in [1.82, 2.24) is 20.0 Å². The molecule has 1 aromatic carbocycles. The minimum Gasteiger partial charge on any atom is -0.365 e. The molecule has 2 atom stereocenters. The Labute approximate surface area is 202 Å². The minimum atomic E-state index is -0.412. The molecule has 180 valence electrons. The van der Waals surface area contributed by atoms with Gasteiger partial charge in [-0.25, -0.2) is 0 Å². The smallest absolute Gasteiger partial charge is 0.250 e. The molecule has 2 aromatic rings. The highest BCUT2D eigenvalue weighted by Crippen LogP contribution is 2.36. The molecule has 1 saturated carbocycles. The van der Waals surface area contributed by atoms with Gasteiger partial charge in [0.05, 0.1) is 12.3 Å². The number of nitrogens with one attached hydrogen (secondary N) is 1. The molecule has 6 nitrogen and oxygen atoms in total. The maximum Gasteiger partial charge on any atom is 0.250 e. The summed E-state index contributed by atoms with van der Waals surface area (Å²) in [5, 5.41) is 8.51. The van der Waals surface area contributed by atoms with E-state index in [0.29, 0.717) is 25.1 Å². The number of amides is 1. The largest absolute Gasteiger partial charge is 0.365 e. The number of ether oxygens (including phenoxy) is 1. The Kier molecular flexibility index (Phi) is 7.77. The van der Waals surface area contributed by atoms with E-state index in [9.17, 15) is 4.79 Å². The summed E-state index contributed by atoms with van der Waals surface area (Å²) in [7, 11) is 2.02. The lowest BCUT2D eigenvalue weighted by molar-refractivity contribution is -0.145. The van der Waals surface area contributed by atoms with Crippen LogP contribution in [0.3, 0.4) is 0 Å². The van der Waals surface area contributed by atoms with E-state index in [0.717, 1.165) is 37.1 Å². The molecule has 33 heavy (non-hydrogen) atoms. The summed E-state index contributed by atoms with van der Waals surface area (Å²) in [5.74, 6) is 0.523. The summed E-state index contributed by atoms with van der Waals surface area (Å²) in [6.45, 7) is 7.30. The fraction of sp³-hybridized carbons (Fsp3) is 0.615. The van der Waals surface area contributed by atoms with Crippen LogP contribution in [0.1, 0.15) is 62.4 Å². The van der Waals surface area contributed by atoms with E-state index in [-0.39, 0.29) is 18.0 Å². The molecule has 0 radical (unpaired) electrons. The highest BCUT2D eigenvalue weighted by molar-refractivity contribution is 6.30. The third kappa shape index (κ3) is 5.97. The Balaban J connectivity index is 1.46. The van der Waals surface area contributed by atoms with Gasteiger partial charge < -0.3 is 10.1 Å². The summed E-state index contributed by atoms with van der Waals surface area (Å²) in [6, 6.07) is 11.1. The van der Waals surface area contributed by atoms with E-state index in [1.807, 2.05) is 37.7 Å². The third-order valence-electron chi connectivity index (χ3n) is 7.16. The van der Waals surface area contributed by atoms with Crippen LogP contribution in [0.25, 0.3) is 0 Å². The van der Waals surface area contributed by atoms with Gasteiger partial charge in [-0.1, -0.05) is 23.7 Å². The normalized spacial score (nSPS) is 26.5. The first-order valence-electron chi connectivity index (χ1n) is 12.2. The first-order chi connectivity index (χ1) is 15.8. The predicted molar refractivity (Wildman–Crippen MR) is 132 cm³/mol. The molecule has 1 N–H and O–H groups in total. The lowest BCUT2D eigenvalue weighted by Crippen LogP contribution is -2.59. The molecule has 2 fully saturated rings. The number of carbonyl (C=O) groups excluding carboxylic acids is 1. The van der Waals surface area contributed by atoms with Crippen LogP contribution < -0.4 is 5.32 Å². The van der Waals surface area contributed by atoms with Crippen molar-refractivity contribution in [3.63, 3.8) is 0 Å². The molecular formula is C26H37ClN4O2. The Morgan fingerprint density at radius 3 is 2.52 bits per heavy atom. The predicted octanol–water partition coefficient (Wildman–Crippen LogP) is 4.24. The third-order valence-corrected chi connectivity index (χ3v) is 7.41. The molecule has 2 heterocycles. The summed E-state index contributed by atoms with van der Waals surface area (Å²) in [4.78, 5) is 15.3. The number of rotatable bonds is 6. The van der Waals surface area contributed by atoms with Crippen LogP contribution >= 0.6 is 11.6 Å². The molecule has 1 amide bonds. The first-order valence-corrected chi connectivity index (χ1v) is 12.6. The summed E-state index contributed by atoms with van der Waals surface area (Å²) in [5.41, 5.74) is 3.69. The van der Waals surface area contributed by atoms with Gasteiger partial charge in [0, 0.05) is 48.4 Å². The van der Waals surface area contributed by atoms with Crippen LogP contribution in [0.4, 0.5) is 0 Å². The number of carbonyl (C=O) groups is 1. The van der Waals surface area contributed by atoms with Crippen LogP contribution in [0.5, 0.6) is 0 Å². The second-order valence-electron chi connectivity index (χ2n) is 10.0. The highest BCUT2D eigenvalue weighted by atomic mass is 35.5. The van der Waals surface area contributed by atoms with Crippen molar-refractivity contribution in [3.05, 3.63) is 52.3 Å². The van der Waals surface area contributed by atoms with E-state index < -0.39 is 6.10 Å². The molecule has 0 spiro atoms. The second-order valence-corrected chi connectivity index (χ2v) is 10.4. The Hall–Kier alpha value is -1.89. The summed E-state index contributed by atoms with van der Waals surface area (Å²) >= 11 is 6.09. The van der Waals surface area contributed by atoms with Gasteiger partial charge in [-0.05, 0) is 76.6 Å². The van der Waals surface area contributed by atoms with Crippen molar-refractivity contribution in [1.29, 1.82) is 0 Å². The SMILES string of the molecule is Cc1cc(C2CCC(N3C[C@H](C(=O)NC(C)C)OC[C@@H]3Cc3ccc(Cl)cc3)CC2)nn1C. The van der Waals surface area contributed by atoms with Gasteiger partial charge >= 0.3 is 0 Å². The van der Waals surface area contributed by atoms with Gasteiger partial charge in [-0.3, -0.25) is 14.4 Å². The molecule has 1 saturated heterocycles. The van der Waals surface area contributed by atoms with Gasteiger partial charge in [0.2, 0.25) is 0 Å². The van der Waals surface area contributed by atoms with Gasteiger partial charge in [0.25, 0.3) is 5.91 Å². The molecule has 2 aliphatic rings. The van der Waals surface area contributed by atoms with Crippen molar-refractivity contribution in [2.24, 2.45) is 7.05 Å². The summed E-state index contributed by atoms with van der Waals surface area (Å²) in [6.07, 6.45) is 5.00. The van der Waals surface area contributed by atoms with Gasteiger partial charge in [-0.2, -0.15) is 5.10 Å². The van der Waals surface area contributed by atoms with Crippen molar-refractivity contribution in [2.45, 2.75) is 83.0 Å². The van der Waals surface area contributed by atoms with Crippen molar-refractivity contribution < 1.29 is 9.53 Å². The number of nitrogens with zero attached hydrogens (tertiary/aromatic N) is 3. The average molecular weight is 473 g/mol. The van der Waals surface area contributed by atoms with E-state index in [4.69, 9.17) is 21.4 Å². The zero-order chi connectivity index (χ0) is 23.5. The fourth-order valence-electron chi connectivity index (χ4n) is 5.26. The van der Waals surface area contributed by atoms with Gasteiger partial charge in [-0.15, -0.1) is 0 Å². The molecule has 1 aliphatic heterocycles. The quantitative estimate of drug-likeness (QED) is 0.683. The second kappa shape index (κ2) is 10.6. The van der Waals surface area contributed by atoms with Crippen molar-refractivity contribution in [2.75, 3.05) is 13.2 Å². The van der Waals surface area contributed by atoms with E-state index in [2.05, 4.69) is 35.3 Å². The van der Waals surface area contributed by atoms with E-state index in [1.165, 1.54) is 17.0 Å². The number of hydrogen-bond donors (Lipinski definition) is 1. The number of halogens is 1. The molecule has 1 aliphatic carbocycles. The Morgan fingerprint density at radius 2 is 1.91 bits per heavy atom. The maximum atomic E-state index is 12.7. The zero-order valence-electron chi connectivity index (χ0n) is 20.3. The van der Waals surface area contributed by atoms with Crippen molar-refractivity contribution >= 4 is 17.5 Å². The molecule has 0 unspecified atom stereocenters. The Morgan fingerprint density at radius 1 is 1.21 bits per heavy atom. The fourth-order valence-corrected chi connectivity index (χ4v) is 5.39. The minimum absolute atomic E-state index is 0.00223. The summed E-state index contributed by atoms with van der Waals surface area (Å²) < 4.78 is 8.06. The van der Waals surface area contributed by atoms with Crippen LogP contribution in [0, 0.1) is 6.92 Å². The lowest BCUT2D eigenvalue weighted by atomic mass is 9.82. The topological polar surface area (TPSA) is 59.4 Å². The van der Waals surface area contributed by atoms with Crippen LogP contribution in [-0.2, 0) is 23.0 Å². The number of hydrogen-bond acceptors (Lipinski definition) is 4. The number of aromatic nitrogens is 2. The van der Waals surface area contributed by atoms with E-state index in [1.54, 1.807) is 0 Å². The molecule has 0 bridgehead atoms. The van der Waals surface area contributed by atoms with Crippen molar-refractivity contribution in [3.8, 4) is 0 Å². The van der Waals surface area contributed by atoms with Crippen LogP contribution in [-0.4, -0.2) is 58.0 Å². The molecule has 1 aromatic heterocycles. The number of aryl methyl sites for hydroxylation is 2.